The number of rotatable bonds is 18. The Morgan fingerprint density at radius 3 is 1.22 bits per heavy atom. The molecule has 4 atom stereocenters. The van der Waals surface area contributed by atoms with Crippen molar-refractivity contribution < 1.29 is 19.2 Å². The molecule has 0 aliphatic carbocycles. The van der Waals surface area contributed by atoms with E-state index in [0.29, 0.717) is 54.2 Å². The summed E-state index contributed by atoms with van der Waals surface area (Å²) in [6.45, 7) is 23.0. The summed E-state index contributed by atoms with van der Waals surface area (Å²) in [5, 5.41) is 29.1. The minimum atomic E-state index is 0.108. The van der Waals surface area contributed by atoms with Gasteiger partial charge < -0.3 is 38.9 Å². The van der Waals surface area contributed by atoms with Crippen LogP contribution in [0.5, 0.6) is 0 Å². The highest BCUT2D eigenvalue weighted by molar-refractivity contribution is 5.94. The van der Waals surface area contributed by atoms with Crippen molar-refractivity contribution in [3.8, 4) is 44.5 Å². The Labute approximate surface area is 684 Å². The maximum Gasteiger partial charge on any atom is 0.253 e. The molecule has 4 fully saturated rings. The standard InChI is InChI=1S/C26H30N4O.C25H28N4O.C23H30N4O.C22H30N4O/c31-26(15-20-5-2-1-3-6-20)29-12-4-7-21(10-13-29)19-30-14-11-23-16-22(8-9-25(23)30)24-17-27-28-18-24;30-25(20-6-2-1-3-7-20)28-12-4-5-19(10-13-28)18-29-14-11-22-15-21(8-9-24(22)29)23-16-26-27-17-23;1-17(2)12-23(28)26-9-3-4-18(7-10-26)16-27-11-8-20-13-19(5-6-22(20)27)21-14-24-25-15-21;1-16(2)22(27)25-9-3-4-17(7-10-25)15-26-11-8-19-12-18(5-6-21(19)26)20-13-23-24-14-20/h1-3,5-6,8-9,16-18,21H,4,7,10-15,19H2,(H,27,28);1-3,6-9,15-17,19H,4-5,10-14,18H2,(H,26,27);5-6,8,11,13-15,17-18H,3-4,7,9-10,12,16H2,1-2H3,(H,24,25);5-6,12-14,16-17H,3-4,7-11,15H2,1-2H3,(H,23,24). The Balaban J connectivity index is 0.000000122. The summed E-state index contributed by atoms with van der Waals surface area (Å²) in [4.78, 5) is 66.2. The average molecular weight is 1560 g/mol. The monoisotopic (exact) mass is 1560 g/mol. The van der Waals surface area contributed by atoms with Crippen molar-refractivity contribution in [2.75, 3.05) is 106 Å². The maximum atomic E-state index is 12.8. The minimum Gasteiger partial charge on any atom is -0.371 e. The van der Waals surface area contributed by atoms with E-state index >= 15 is 0 Å². The molecule has 116 heavy (non-hydrogen) atoms. The van der Waals surface area contributed by atoms with E-state index in [-0.39, 0.29) is 17.7 Å². The van der Waals surface area contributed by atoms with Gasteiger partial charge in [-0.1, -0.05) is 100 Å². The van der Waals surface area contributed by atoms with Crippen LogP contribution in [0.25, 0.3) is 55.4 Å². The van der Waals surface area contributed by atoms with Crippen molar-refractivity contribution in [2.45, 2.75) is 143 Å². The van der Waals surface area contributed by atoms with Gasteiger partial charge in [0.2, 0.25) is 17.7 Å². The summed E-state index contributed by atoms with van der Waals surface area (Å²) in [7, 11) is 0. The maximum absolute atomic E-state index is 12.8. The molecular formula is C96H118N16O4. The van der Waals surface area contributed by atoms with Crippen molar-refractivity contribution >= 4 is 51.6 Å². The second-order valence-corrected chi connectivity index (χ2v) is 34.2. The molecule has 4 saturated heterocycles. The van der Waals surface area contributed by atoms with E-state index in [1.807, 2.05) is 129 Å². The second-order valence-electron chi connectivity index (χ2n) is 34.2. The van der Waals surface area contributed by atoms with Crippen molar-refractivity contribution in [3.05, 3.63) is 223 Å². The van der Waals surface area contributed by atoms with Crippen molar-refractivity contribution in [1.82, 2.24) is 65.0 Å². The summed E-state index contributed by atoms with van der Waals surface area (Å²) in [6, 6.07) is 49.0. The number of fused-ring (bicyclic) bond motifs is 4. The second kappa shape index (κ2) is 38.6. The topological polar surface area (TPSA) is 211 Å². The van der Waals surface area contributed by atoms with Crippen LogP contribution in [0.1, 0.15) is 144 Å². The van der Waals surface area contributed by atoms with E-state index in [2.05, 4.69) is 174 Å². The first kappa shape index (κ1) is 80.2. The number of anilines is 3. The van der Waals surface area contributed by atoms with E-state index < -0.39 is 0 Å². The zero-order valence-corrected chi connectivity index (χ0v) is 68.6. The van der Waals surface area contributed by atoms with Gasteiger partial charge in [-0.25, -0.2) is 0 Å². The van der Waals surface area contributed by atoms with E-state index in [1.54, 1.807) is 0 Å². The van der Waals surface area contributed by atoms with Crippen molar-refractivity contribution in [2.24, 2.45) is 35.5 Å². The number of aromatic amines is 4. The first-order chi connectivity index (χ1) is 56.7. The minimum absolute atomic E-state index is 0.108. The number of hydrogen-bond acceptors (Lipinski definition) is 11. The zero-order chi connectivity index (χ0) is 79.7. The molecule has 7 aliphatic rings. The lowest BCUT2D eigenvalue weighted by molar-refractivity contribution is -0.134. The lowest BCUT2D eigenvalue weighted by Crippen LogP contribution is -2.35. The SMILES string of the molecule is CC(C)C(=O)N1CCCC(CN2CCc3cc(-c4cn[nH]c4)ccc32)CC1.CC(C)CC(=O)N1CCCC(Cn2ccc3cc(-c4cn[nH]c4)ccc32)CC1.O=C(Cc1ccccc1)N1CCCC(CN2CCc3cc(-c4cn[nH]c4)ccc32)CC1.O=C(c1ccccc1)N1CCCC(CN2CCc3cc(-c4cn[nH]c4)ccc32)CC1. The number of hydrogen-bond donors (Lipinski definition) is 4. The first-order valence-corrected chi connectivity index (χ1v) is 43.2. The highest BCUT2D eigenvalue weighted by Gasteiger charge is 2.31. The Hall–Kier alpha value is -11.0. The lowest BCUT2D eigenvalue weighted by Gasteiger charge is -2.26. The number of aromatic nitrogens is 9. The summed E-state index contributed by atoms with van der Waals surface area (Å²) in [5.41, 5.74) is 21.1. The van der Waals surface area contributed by atoms with Crippen LogP contribution in [0.15, 0.2) is 195 Å². The van der Waals surface area contributed by atoms with Gasteiger partial charge in [0.15, 0.2) is 0 Å². The van der Waals surface area contributed by atoms with Gasteiger partial charge in [-0.2, -0.15) is 20.4 Å². The molecule has 20 nitrogen and oxygen atoms in total. The van der Waals surface area contributed by atoms with E-state index in [0.717, 1.165) is 202 Å². The number of carbonyl (C=O) groups is 4. The third-order valence-corrected chi connectivity index (χ3v) is 25.2. The highest BCUT2D eigenvalue weighted by Crippen LogP contribution is 2.39. The van der Waals surface area contributed by atoms with Gasteiger partial charge >= 0.3 is 0 Å². The van der Waals surface area contributed by atoms with Crippen molar-refractivity contribution in [1.29, 1.82) is 0 Å². The Morgan fingerprint density at radius 1 is 0.388 bits per heavy atom. The molecule has 4 amide bonds. The van der Waals surface area contributed by atoms with Crippen LogP contribution in [0, 0.1) is 35.5 Å². The third-order valence-electron chi connectivity index (χ3n) is 25.2. The fourth-order valence-corrected chi connectivity index (χ4v) is 18.7. The number of likely N-dealkylation sites (tertiary alicyclic amines) is 4. The molecule has 7 aliphatic heterocycles. The van der Waals surface area contributed by atoms with E-state index in [1.165, 1.54) is 92.6 Å². The molecule has 606 valence electrons. The van der Waals surface area contributed by atoms with Gasteiger partial charge in [0, 0.05) is 197 Å². The summed E-state index contributed by atoms with van der Waals surface area (Å²) >= 11 is 0. The van der Waals surface area contributed by atoms with Crippen LogP contribution in [0.2, 0.25) is 0 Å². The molecule has 5 aromatic heterocycles. The molecule has 12 heterocycles. The molecule has 0 bridgehead atoms. The summed E-state index contributed by atoms with van der Waals surface area (Å²) in [5.74, 6) is 4.21. The molecule has 4 N–H and O–H groups in total. The van der Waals surface area contributed by atoms with Gasteiger partial charge in [0.05, 0.1) is 31.2 Å². The van der Waals surface area contributed by atoms with Crippen LogP contribution in [0.4, 0.5) is 17.1 Å². The molecule has 0 radical (unpaired) electrons. The van der Waals surface area contributed by atoms with Crippen LogP contribution in [-0.2, 0) is 46.6 Å². The molecule has 0 saturated carbocycles. The summed E-state index contributed by atoms with van der Waals surface area (Å²) in [6.07, 6.45) is 35.6. The molecule has 11 aromatic rings. The number of nitrogens with one attached hydrogen (secondary N) is 4. The third kappa shape index (κ3) is 20.4. The number of H-pyrrole nitrogens is 4. The molecule has 20 heteroatoms. The van der Waals surface area contributed by atoms with Crippen LogP contribution in [-0.4, -0.2) is 180 Å². The fraction of sp³-hybridized carbons (Fsp3) is 0.438. The van der Waals surface area contributed by atoms with E-state index in [4.69, 9.17) is 0 Å². The molecule has 18 rings (SSSR count). The molecular weight excluding hydrogens is 1440 g/mol. The molecule has 6 aromatic carbocycles. The van der Waals surface area contributed by atoms with Crippen molar-refractivity contribution in [3.63, 3.8) is 0 Å². The van der Waals surface area contributed by atoms with Gasteiger partial charge in [0.25, 0.3) is 5.91 Å². The number of amides is 4. The lowest BCUT2D eigenvalue weighted by atomic mass is 10.00. The van der Waals surface area contributed by atoms with E-state index in [9.17, 15) is 19.2 Å². The Morgan fingerprint density at radius 2 is 0.784 bits per heavy atom. The Kier molecular flexibility index (Phi) is 26.7. The molecule has 4 unspecified atom stereocenters. The number of benzene rings is 6. The first-order valence-electron chi connectivity index (χ1n) is 43.2. The average Bonchev–Trinajstić information content (AvgIpc) is 1.67. The van der Waals surface area contributed by atoms with Gasteiger partial charge in [-0.15, -0.1) is 0 Å². The predicted molar refractivity (Wildman–Crippen MR) is 465 cm³/mol. The predicted octanol–water partition coefficient (Wildman–Crippen LogP) is 17.1. The van der Waals surface area contributed by atoms with Gasteiger partial charge in [0.1, 0.15) is 0 Å². The van der Waals surface area contributed by atoms with Gasteiger partial charge in [-0.05, 0) is 237 Å². The van der Waals surface area contributed by atoms with Crippen LogP contribution < -0.4 is 14.7 Å². The molecule has 0 spiro atoms. The smallest absolute Gasteiger partial charge is 0.253 e. The fourth-order valence-electron chi connectivity index (χ4n) is 18.7. The number of nitrogens with zero attached hydrogens (tertiary/aromatic N) is 12. The highest BCUT2D eigenvalue weighted by atomic mass is 16.2. The van der Waals surface area contributed by atoms with Crippen LogP contribution >= 0.6 is 0 Å². The quantitative estimate of drug-likeness (QED) is 0.0635. The Bertz CT molecular complexity index is 4960. The number of carbonyl (C=O) groups excluding carboxylic acids is 4. The summed E-state index contributed by atoms with van der Waals surface area (Å²) < 4.78 is 2.38. The largest absolute Gasteiger partial charge is 0.371 e. The van der Waals surface area contributed by atoms with Gasteiger partial charge in [-0.3, -0.25) is 39.6 Å². The van der Waals surface area contributed by atoms with Crippen LogP contribution in [0.3, 0.4) is 0 Å². The normalized spacial score (nSPS) is 18.9. The zero-order valence-electron chi connectivity index (χ0n) is 68.6.